The standard InChI is InChI=1S/C48H70O14/c1-25-11-9-14-32-24-55-45-40(49)28(4)19-35(48(32,45)52)46(51)58-34-20-33(61-47(23-34)18-17-27(3)43(62-47)31-12-10-13-31)16-15-26(2)42(25)59-39-22-37(54-8)44(30(6)57-39)60-38-21-36(53-7)41(50)29(5)56-38/h9,11,14-15,17-19,25,27,29-31,33-45,49-50,52H,10,12-13,16,20-24H2,1-8H3/b11-9-,26-15-,32-14?/t25-,27-,29-,30-,33+,34-,35-,36-,37-,38-,39-,40+,41-,42-,43?,44-,45+,47+,48+/m0/s1. The van der Waals surface area contributed by atoms with Gasteiger partial charge >= 0.3 is 5.97 Å². The minimum atomic E-state index is -1.83. The Kier molecular flexibility index (Phi) is 14.1. The number of rotatable bonds is 7. The number of carbonyl (C=O) groups excluding carboxylic acids is 1. The second kappa shape index (κ2) is 18.9. The molecule has 0 amide bonds. The van der Waals surface area contributed by atoms with Crippen molar-refractivity contribution in [2.45, 2.75) is 190 Å². The van der Waals surface area contributed by atoms with Crippen molar-refractivity contribution in [3.63, 3.8) is 0 Å². The normalized spacial score (nSPS) is 49.2. The van der Waals surface area contributed by atoms with Gasteiger partial charge in [0, 0.05) is 51.7 Å². The van der Waals surface area contributed by atoms with Crippen LogP contribution in [0.5, 0.6) is 0 Å². The van der Waals surface area contributed by atoms with E-state index in [0.717, 1.165) is 18.4 Å². The Morgan fingerprint density at radius 1 is 0.839 bits per heavy atom. The molecule has 14 heteroatoms. The molecule has 1 saturated carbocycles. The first-order chi connectivity index (χ1) is 29.6. The van der Waals surface area contributed by atoms with E-state index in [1.54, 1.807) is 40.2 Å². The monoisotopic (exact) mass is 870 g/mol. The molecule has 0 aromatic heterocycles. The van der Waals surface area contributed by atoms with Gasteiger partial charge in [-0.3, -0.25) is 4.79 Å². The maximum Gasteiger partial charge on any atom is 0.316 e. The Labute approximate surface area is 366 Å². The Bertz CT molecular complexity index is 1760. The molecule has 6 heterocycles. The van der Waals surface area contributed by atoms with Gasteiger partial charge in [0.2, 0.25) is 0 Å². The minimum absolute atomic E-state index is 0.00708. The van der Waals surface area contributed by atoms with E-state index in [9.17, 15) is 20.1 Å². The molecule has 5 fully saturated rings. The predicted octanol–water partition coefficient (Wildman–Crippen LogP) is 5.13. The van der Waals surface area contributed by atoms with E-state index in [1.165, 1.54) is 6.42 Å². The molecule has 19 atom stereocenters. The highest BCUT2D eigenvalue weighted by Gasteiger charge is 2.60. The molecular weight excluding hydrogens is 801 g/mol. The predicted molar refractivity (Wildman–Crippen MR) is 225 cm³/mol. The van der Waals surface area contributed by atoms with Crippen molar-refractivity contribution in [1.82, 2.24) is 0 Å². The second-order valence-corrected chi connectivity index (χ2v) is 19.3. The summed E-state index contributed by atoms with van der Waals surface area (Å²) in [6.07, 6.45) is 11.4. The van der Waals surface area contributed by atoms with Gasteiger partial charge in [0.05, 0.1) is 49.3 Å². The summed E-state index contributed by atoms with van der Waals surface area (Å²) in [7, 11) is 3.22. The fourth-order valence-corrected chi connectivity index (χ4v) is 11.0. The van der Waals surface area contributed by atoms with Gasteiger partial charge in [-0.05, 0) is 75.7 Å². The Hall–Kier alpha value is -2.31. The van der Waals surface area contributed by atoms with Crippen LogP contribution >= 0.6 is 0 Å². The highest BCUT2D eigenvalue weighted by atomic mass is 16.7. The van der Waals surface area contributed by atoms with Gasteiger partial charge in [0.25, 0.3) is 0 Å². The SMILES string of the molecule is CO[C@H]1C[C@H](O[C@H]2[C@H](C)O[C@@H](O[C@@H]3/C(C)=C\C[C@@H]4C[C@@H](C[C@]5(C=C[C@H](C)C(C6CCC6)O5)O4)OC(=O)[C@@H]4C=C(C)[C@@H](O)[C@H]5OCC(=C/C=C\[C@@H]3C)[C@]54O)C[C@@H]2OC)O[C@@H](C)[C@@H]1O. The number of esters is 1. The van der Waals surface area contributed by atoms with Crippen molar-refractivity contribution in [3.05, 3.63) is 59.3 Å². The molecule has 0 aromatic rings. The molecule has 4 saturated heterocycles. The molecule has 6 aliphatic heterocycles. The lowest BCUT2D eigenvalue weighted by Gasteiger charge is -2.49. The summed E-state index contributed by atoms with van der Waals surface area (Å²) in [6.45, 7) is 11.8. The summed E-state index contributed by atoms with van der Waals surface area (Å²) in [5, 5.41) is 34.2. The van der Waals surface area contributed by atoms with E-state index in [0.29, 0.717) is 49.2 Å². The summed E-state index contributed by atoms with van der Waals surface area (Å²) >= 11 is 0. The van der Waals surface area contributed by atoms with Crippen molar-refractivity contribution in [2.75, 3.05) is 20.8 Å². The molecule has 2 aliphatic carbocycles. The smallest absolute Gasteiger partial charge is 0.316 e. The number of ether oxygens (including phenoxy) is 10. The summed E-state index contributed by atoms with van der Waals surface area (Å²) in [5.74, 6) is -2.27. The first-order valence-electron chi connectivity index (χ1n) is 23.0. The van der Waals surface area contributed by atoms with Crippen LogP contribution in [0.4, 0.5) is 0 Å². The first-order valence-corrected chi connectivity index (χ1v) is 23.0. The maximum absolute atomic E-state index is 14.4. The Balaban J connectivity index is 1.08. The molecule has 14 nitrogen and oxygen atoms in total. The van der Waals surface area contributed by atoms with Gasteiger partial charge in [-0.2, -0.15) is 0 Å². The second-order valence-electron chi connectivity index (χ2n) is 19.3. The summed E-state index contributed by atoms with van der Waals surface area (Å²) in [6, 6.07) is 0. The third kappa shape index (κ3) is 9.11. The molecule has 0 radical (unpaired) electrons. The third-order valence-electron chi connectivity index (χ3n) is 14.9. The quantitative estimate of drug-likeness (QED) is 0.227. The van der Waals surface area contributed by atoms with E-state index in [1.807, 2.05) is 32.1 Å². The molecule has 3 N–H and O–H groups in total. The molecule has 62 heavy (non-hydrogen) atoms. The highest BCUT2D eigenvalue weighted by Crippen LogP contribution is 2.48. The van der Waals surface area contributed by atoms with Crippen LogP contribution in [0.15, 0.2) is 59.3 Å². The summed E-state index contributed by atoms with van der Waals surface area (Å²) in [4.78, 5) is 14.4. The Morgan fingerprint density at radius 3 is 2.29 bits per heavy atom. The average molecular weight is 871 g/mol. The van der Waals surface area contributed by atoms with Crippen molar-refractivity contribution in [1.29, 1.82) is 0 Å². The summed E-state index contributed by atoms with van der Waals surface area (Å²) in [5.41, 5.74) is 0.163. The fraction of sp³-hybridized carbons (Fsp3) is 0.771. The van der Waals surface area contributed by atoms with Crippen LogP contribution in [0.2, 0.25) is 0 Å². The third-order valence-corrected chi connectivity index (χ3v) is 14.9. The molecule has 8 aliphatic rings. The van der Waals surface area contributed by atoms with E-state index in [4.69, 9.17) is 47.4 Å². The van der Waals surface area contributed by atoms with Crippen LogP contribution in [0.1, 0.15) is 92.9 Å². The van der Waals surface area contributed by atoms with Crippen molar-refractivity contribution >= 4 is 5.97 Å². The van der Waals surface area contributed by atoms with Gasteiger partial charge in [-0.1, -0.05) is 56.7 Å². The van der Waals surface area contributed by atoms with Gasteiger partial charge < -0.3 is 62.7 Å². The first kappa shape index (κ1) is 46.2. The average Bonchev–Trinajstić information content (AvgIpc) is 3.56. The lowest BCUT2D eigenvalue weighted by molar-refractivity contribution is -0.318. The molecule has 8 rings (SSSR count). The van der Waals surface area contributed by atoms with E-state index < -0.39 is 90.8 Å². The number of methoxy groups -OCH3 is 2. The van der Waals surface area contributed by atoms with Gasteiger partial charge in [0.1, 0.15) is 42.0 Å². The zero-order chi connectivity index (χ0) is 44.1. The highest BCUT2D eigenvalue weighted by molar-refractivity contribution is 5.78. The molecular formula is C48H70O14. The van der Waals surface area contributed by atoms with Gasteiger partial charge in [-0.25, -0.2) is 0 Å². The lowest BCUT2D eigenvalue weighted by atomic mass is 9.71. The molecule has 1 spiro atoms. The van der Waals surface area contributed by atoms with Crippen LogP contribution in [-0.4, -0.2) is 139 Å². The molecule has 0 aromatic carbocycles. The van der Waals surface area contributed by atoms with Crippen LogP contribution in [0.3, 0.4) is 0 Å². The number of carbonyl (C=O) groups is 1. The number of hydrogen-bond donors (Lipinski definition) is 3. The van der Waals surface area contributed by atoms with Crippen LogP contribution < -0.4 is 0 Å². The van der Waals surface area contributed by atoms with Crippen molar-refractivity contribution in [2.24, 2.45) is 23.7 Å². The van der Waals surface area contributed by atoms with E-state index >= 15 is 0 Å². The van der Waals surface area contributed by atoms with Gasteiger partial charge in [-0.15, -0.1) is 0 Å². The van der Waals surface area contributed by atoms with Gasteiger partial charge in [0.15, 0.2) is 18.4 Å². The minimum Gasteiger partial charge on any atom is -0.462 e. The number of hydrogen-bond acceptors (Lipinski definition) is 14. The number of aliphatic hydroxyl groups excluding tert-OH is 2. The van der Waals surface area contributed by atoms with Crippen LogP contribution in [-0.2, 0) is 52.2 Å². The fourth-order valence-electron chi connectivity index (χ4n) is 11.0. The summed E-state index contributed by atoms with van der Waals surface area (Å²) < 4.78 is 63.8. The molecule has 1 unspecified atom stereocenters. The number of aliphatic hydroxyl groups is 3. The maximum atomic E-state index is 14.4. The van der Waals surface area contributed by atoms with E-state index in [-0.39, 0.29) is 36.8 Å². The molecule has 346 valence electrons. The largest absolute Gasteiger partial charge is 0.462 e. The zero-order valence-corrected chi connectivity index (χ0v) is 37.6. The number of allylic oxidation sites excluding steroid dienone is 2. The Morgan fingerprint density at radius 2 is 1.56 bits per heavy atom. The number of fused-ring (bicyclic) bond motifs is 2. The van der Waals surface area contributed by atoms with Crippen molar-refractivity contribution < 1.29 is 67.5 Å². The lowest BCUT2D eigenvalue weighted by Crippen LogP contribution is -2.58. The zero-order valence-electron chi connectivity index (χ0n) is 37.6. The van der Waals surface area contributed by atoms with Crippen LogP contribution in [0.25, 0.3) is 0 Å². The van der Waals surface area contributed by atoms with Crippen molar-refractivity contribution in [3.8, 4) is 0 Å². The van der Waals surface area contributed by atoms with Crippen LogP contribution in [0, 0.1) is 23.7 Å². The molecule has 2 bridgehead atoms. The topological polar surface area (TPSA) is 170 Å². The van der Waals surface area contributed by atoms with E-state index in [2.05, 4.69) is 26.0 Å².